The highest BCUT2D eigenvalue weighted by molar-refractivity contribution is 8.00. The minimum Gasteiger partial charge on any atom is -0.379 e. The van der Waals surface area contributed by atoms with Crippen molar-refractivity contribution < 1.29 is 4.74 Å². The normalized spacial score (nSPS) is 24.6. The zero-order valence-electron chi connectivity index (χ0n) is 16.1. The number of hydrogen-bond donors (Lipinski definition) is 2. The highest BCUT2D eigenvalue weighted by atomic mass is 32.2. The molecule has 1 atom stereocenters. The number of thioether (sulfide) groups is 1. The van der Waals surface area contributed by atoms with E-state index in [0.717, 1.165) is 51.9 Å². The van der Waals surface area contributed by atoms with Gasteiger partial charge in [-0.2, -0.15) is 11.8 Å². The van der Waals surface area contributed by atoms with Crippen molar-refractivity contribution in [1.82, 2.24) is 15.5 Å². The molecule has 0 aliphatic carbocycles. The summed E-state index contributed by atoms with van der Waals surface area (Å²) in [5, 5.41) is 7.01. The van der Waals surface area contributed by atoms with Gasteiger partial charge < -0.3 is 15.4 Å². The first kappa shape index (κ1) is 19.5. The van der Waals surface area contributed by atoms with Crippen LogP contribution in [0.2, 0.25) is 0 Å². The number of aliphatic imine (C=N–C) groups is 1. The number of nitrogens with one attached hydrogen (secondary N) is 2. The van der Waals surface area contributed by atoms with Gasteiger partial charge in [0.2, 0.25) is 0 Å². The lowest BCUT2D eigenvalue weighted by Crippen LogP contribution is -2.43. The zero-order valence-corrected chi connectivity index (χ0v) is 16.9. The maximum atomic E-state index is 5.46. The molecule has 1 unspecified atom stereocenters. The van der Waals surface area contributed by atoms with Crippen molar-refractivity contribution in [1.29, 1.82) is 0 Å². The molecule has 1 aromatic rings. The van der Waals surface area contributed by atoms with E-state index in [9.17, 15) is 0 Å². The summed E-state index contributed by atoms with van der Waals surface area (Å²) in [5.74, 6) is 2.17. The average Bonchev–Trinajstić information content (AvgIpc) is 3.11. The van der Waals surface area contributed by atoms with Crippen LogP contribution in [-0.2, 0) is 17.8 Å². The molecule has 0 aromatic heterocycles. The van der Waals surface area contributed by atoms with E-state index in [0.29, 0.717) is 4.75 Å². The molecule has 2 aliphatic rings. The molecule has 5 nitrogen and oxygen atoms in total. The van der Waals surface area contributed by atoms with Gasteiger partial charge in [0.25, 0.3) is 0 Å². The van der Waals surface area contributed by atoms with Gasteiger partial charge in [0.1, 0.15) is 0 Å². The van der Waals surface area contributed by atoms with Crippen LogP contribution in [0.3, 0.4) is 0 Å². The van der Waals surface area contributed by atoms with Gasteiger partial charge in [0, 0.05) is 44.5 Å². The average molecular weight is 377 g/mol. The number of morpholine rings is 1. The summed E-state index contributed by atoms with van der Waals surface area (Å²) >= 11 is 2.07. The van der Waals surface area contributed by atoms with Crippen LogP contribution in [0.25, 0.3) is 0 Å². The van der Waals surface area contributed by atoms with Crippen molar-refractivity contribution in [2.75, 3.05) is 45.6 Å². The first-order valence-electron chi connectivity index (χ1n) is 9.64. The van der Waals surface area contributed by atoms with E-state index >= 15 is 0 Å². The SMILES string of the molecule is CN=C(NCc1ccccc1CN1CCOCC1)NCC1(C)CCCS1. The van der Waals surface area contributed by atoms with Crippen LogP contribution in [0, 0.1) is 0 Å². The number of nitrogens with zero attached hydrogens (tertiary/aromatic N) is 2. The maximum Gasteiger partial charge on any atom is 0.191 e. The Hall–Kier alpha value is -1.24. The molecule has 0 bridgehead atoms. The minimum absolute atomic E-state index is 0.339. The van der Waals surface area contributed by atoms with Crippen molar-refractivity contribution in [3.8, 4) is 0 Å². The van der Waals surface area contributed by atoms with Gasteiger partial charge in [-0.05, 0) is 36.6 Å². The lowest BCUT2D eigenvalue weighted by atomic mass is 10.1. The molecule has 0 saturated carbocycles. The second-order valence-corrected chi connectivity index (χ2v) is 9.02. The highest BCUT2D eigenvalue weighted by Crippen LogP contribution is 2.36. The third kappa shape index (κ3) is 5.63. The molecule has 2 heterocycles. The third-order valence-electron chi connectivity index (χ3n) is 5.22. The molecular formula is C20H32N4OS. The van der Waals surface area contributed by atoms with Gasteiger partial charge in [-0.1, -0.05) is 24.3 Å². The lowest BCUT2D eigenvalue weighted by molar-refractivity contribution is 0.0341. The van der Waals surface area contributed by atoms with E-state index in [1.165, 1.54) is 29.7 Å². The van der Waals surface area contributed by atoms with Crippen molar-refractivity contribution in [3.63, 3.8) is 0 Å². The summed E-state index contributed by atoms with van der Waals surface area (Å²) < 4.78 is 5.80. The van der Waals surface area contributed by atoms with Crippen LogP contribution in [0.5, 0.6) is 0 Å². The maximum absolute atomic E-state index is 5.46. The molecule has 0 spiro atoms. The molecule has 6 heteroatoms. The quantitative estimate of drug-likeness (QED) is 0.590. The van der Waals surface area contributed by atoms with E-state index < -0.39 is 0 Å². The summed E-state index contributed by atoms with van der Waals surface area (Å²) in [6, 6.07) is 8.69. The number of ether oxygens (including phenoxy) is 1. The van der Waals surface area contributed by atoms with Crippen molar-refractivity contribution in [2.45, 2.75) is 37.6 Å². The number of benzene rings is 1. The predicted molar refractivity (Wildman–Crippen MR) is 111 cm³/mol. The summed E-state index contributed by atoms with van der Waals surface area (Å²) in [5.41, 5.74) is 2.72. The van der Waals surface area contributed by atoms with Gasteiger partial charge in [-0.15, -0.1) is 0 Å². The fourth-order valence-corrected chi connectivity index (χ4v) is 4.78. The van der Waals surface area contributed by atoms with Crippen LogP contribution in [0.4, 0.5) is 0 Å². The Labute approximate surface area is 162 Å². The lowest BCUT2D eigenvalue weighted by Gasteiger charge is -2.27. The van der Waals surface area contributed by atoms with E-state index in [4.69, 9.17) is 4.74 Å². The van der Waals surface area contributed by atoms with Crippen molar-refractivity contribution in [3.05, 3.63) is 35.4 Å². The molecule has 2 saturated heterocycles. The van der Waals surface area contributed by atoms with Crippen LogP contribution in [0.1, 0.15) is 30.9 Å². The Morgan fingerprint density at radius 1 is 1.23 bits per heavy atom. The van der Waals surface area contributed by atoms with E-state index in [-0.39, 0.29) is 0 Å². The monoisotopic (exact) mass is 376 g/mol. The minimum atomic E-state index is 0.339. The largest absolute Gasteiger partial charge is 0.379 e. The molecule has 0 amide bonds. The molecule has 2 fully saturated rings. The van der Waals surface area contributed by atoms with Gasteiger partial charge in [-0.3, -0.25) is 9.89 Å². The standard InChI is InChI=1S/C20H32N4OS/c1-20(8-5-13-26-20)16-23-19(21-2)22-14-17-6-3-4-7-18(17)15-24-9-11-25-12-10-24/h3-4,6-7H,5,8-16H2,1-2H3,(H2,21,22,23). The van der Waals surface area contributed by atoms with Crippen LogP contribution >= 0.6 is 11.8 Å². The van der Waals surface area contributed by atoms with Gasteiger partial charge in [0.15, 0.2) is 5.96 Å². The number of guanidine groups is 1. The Morgan fingerprint density at radius 3 is 2.69 bits per heavy atom. The van der Waals surface area contributed by atoms with Crippen molar-refractivity contribution in [2.24, 2.45) is 4.99 Å². The Kier molecular flexibility index (Phi) is 7.23. The molecular weight excluding hydrogens is 344 g/mol. The molecule has 144 valence electrons. The fourth-order valence-electron chi connectivity index (χ4n) is 3.53. The number of rotatable bonds is 6. The second kappa shape index (κ2) is 9.62. The summed E-state index contributed by atoms with van der Waals surface area (Å²) in [6.07, 6.45) is 2.60. The molecule has 2 aliphatic heterocycles. The van der Waals surface area contributed by atoms with Crippen molar-refractivity contribution >= 4 is 17.7 Å². The van der Waals surface area contributed by atoms with Crippen LogP contribution < -0.4 is 10.6 Å². The second-order valence-electron chi connectivity index (χ2n) is 7.34. The summed E-state index contributed by atoms with van der Waals surface area (Å²) in [7, 11) is 1.85. The molecule has 2 N–H and O–H groups in total. The Bertz CT molecular complexity index is 595. The molecule has 0 radical (unpaired) electrons. The van der Waals surface area contributed by atoms with Crippen LogP contribution in [-0.4, -0.2) is 61.3 Å². The summed E-state index contributed by atoms with van der Waals surface area (Å²) in [6.45, 7) is 8.81. The van der Waals surface area contributed by atoms with E-state index in [2.05, 4.69) is 63.5 Å². The third-order valence-corrected chi connectivity index (χ3v) is 6.75. The van der Waals surface area contributed by atoms with Gasteiger partial charge >= 0.3 is 0 Å². The first-order chi connectivity index (χ1) is 12.7. The van der Waals surface area contributed by atoms with E-state index in [1.807, 2.05) is 7.05 Å². The Morgan fingerprint density at radius 2 is 2.00 bits per heavy atom. The highest BCUT2D eigenvalue weighted by Gasteiger charge is 2.29. The molecule has 26 heavy (non-hydrogen) atoms. The first-order valence-corrected chi connectivity index (χ1v) is 10.6. The zero-order chi connectivity index (χ0) is 18.2. The molecule has 3 rings (SSSR count). The Balaban J connectivity index is 1.52. The fraction of sp³-hybridized carbons (Fsp3) is 0.650. The van der Waals surface area contributed by atoms with Crippen LogP contribution in [0.15, 0.2) is 29.3 Å². The predicted octanol–water partition coefficient (Wildman–Crippen LogP) is 2.47. The number of hydrogen-bond acceptors (Lipinski definition) is 4. The van der Waals surface area contributed by atoms with E-state index in [1.54, 1.807) is 0 Å². The van der Waals surface area contributed by atoms with Gasteiger partial charge in [0.05, 0.1) is 13.2 Å². The summed E-state index contributed by atoms with van der Waals surface area (Å²) in [4.78, 5) is 6.86. The topological polar surface area (TPSA) is 48.9 Å². The van der Waals surface area contributed by atoms with Gasteiger partial charge in [-0.25, -0.2) is 0 Å². The molecule has 1 aromatic carbocycles. The smallest absolute Gasteiger partial charge is 0.191 e.